The highest BCUT2D eigenvalue weighted by Gasteiger charge is 2.05. The van der Waals surface area contributed by atoms with Crippen LogP contribution in [0.1, 0.15) is 12.6 Å². The number of carbonyl (C=O) groups is 1. The Morgan fingerprint density at radius 1 is 1.33 bits per heavy atom. The maximum atomic E-state index is 11.1. The van der Waals surface area contributed by atoms with Gasteiger partial charge in [-0.1, -0.05) is 6.07 Å². The van der Waals surface area contributed by atoms with Crippen molar-refractivity contribution in [1.29, 1.82) is 0 Å². The largest absolute Gasteiger partial charge is 0.492 e. The second-order valence-electron chi connectivity index (χ2n) is 5.24. The van der Waals surface area contributed by atoms with Gasteiger partial charge >= 0.3 is 0 Å². The standard InChI is InChI=1S/C16H18N6O2/c1-11-8-15(22-16(20-11)18-10-19-22)17-6-7-24-14-5-3-4-13(9-14)21-12(2)23/h3-5,8-10,17H,6-7H2,1-2H3,(H,21,23). The van der Waals surface area contributed by atoms with Gasteiger partial charge < -0.3 is 15.4 Å². The fourth-order valence-electron chi connectivity index (χ4n) is 2.27. The van der Waals surface area contributed by atoms with Gasteiger partial charge in [0.1, 0.15) is 24.5 Å². The molecule has 0 saturated carbocycles. The number of ether oxygens (including phenoxy) is 1. The van der Waals surface area contributed by atoms with Gasteiger partial charge in [0, 0.05) is 30.4 Å². The third kappa shape index (κ3) is 3.78. The molecule has 0 aliphatic carbocycles. The molecule has 24 heavy (non-hydrogen) atoms. The lowest BCUT2D eigenvalue weighted by Gasteiger charge is -2.11. The monoisotopic (exact) mass is 326 g/mol. The molecule has 8 heteroatoms. The summed E-state index contributed by atoms with van der Waals surface area (Å²) in [5, 5.41) is 10.1. The molecule has 3 rings (SSSR count). The number of hydrogen-bond acceptors (Lipinski definition) is 6. The van der Waals surface area contributed by atoms with Gasteiger partial charge in [-0.25, -0.2) is 4.98 Å². The number of nitrogens with zero attached hydrogens (tertiary/aromatic N) is 4. The maximum absolute atomic E-state index is 11.1. The van der Waals surface area contributed by atoms with Crippen LogP contribution >= 0.6 is 0 Å². The van der Waals surface area contributed by atoms with E-state index in [1.165, 1.54) is 13.3 Å². The third-order valence-electron chi connectivity index (χ3n) is 3.21. The summed E-state index contributed by atoms with van der Waals surface area (Å²) in [6.45, 7) is 4.42. The summed E-state index contributed by atoms with van der Waals surface area (Å²) in [5.41, 5.74) is 1.57. The molecule has 0 saturated heterocycles. The molecular formula is C16H18N6O2. The SMILES string of the molecule is CC(=O)Nc1cccc(OCCNc2cc(C)nc3ncnn23)c1. The summed E-state index contributed by atoms with van der Waals surface area (Å²) >= 11 is 0. The summed E-state index contributed by atoms with van der Waals surface area (Å²) in [7, 11) is 0. The Hall–Kier alpha value is -3.16. The van der Waals surface area contributed by atoms with Crippen LogP contribution in [0.5, 0.6) is 5.75 Å². The van der Waals surface area contributed by atoms with Gasteiger partial charge in [0.25, 0.3) is 5.78 Å². The van der Waals surface area contributed by atoms with Crippen molar-refractivity contribution in [2.45, 2.75) is 13.8 Å². The lowest BCUT2D eigenvalue weighted by atomic mass is 10.3. The van der Waals surface area contributed by atoms with Crippen LogP contribution < -0.4 is 15.4 Å². The molecule has 2 aromatic heterocycles. The molecule has 1 amide bonds. The highest BCUT2D eigenvalue weighted by molar-refractivity contribution is 5.88. The number of aromatic nitrogens is 4. The normalized spacial score (nSPS) is 10.6. The van der Waals surface area contributed by atoms with E-state index in [9.17, 15) is 4.79 Å². The molecule has 0 aliphatic rings. The second-order valence-corrected chi connectivity index (χ2v) is 5.24. The van der Waals surface area contributed by atoms with Crippen molar-refractivity contribution in [1.82, 2.24) is 19.6 Å². The lowest BCUT2D eigenvalue weighted by molar-refractivity contribution is -0.114. The van der Waals surface area contributed by atoms with E-state index in [-0.39, 0.29) is 5.91 Å². The van der Waals surface area contributed by atoms with Crippen LogP contribution in [0.2, 0.25) is 0 Å². The van der Waals surface area contributed by atoms with Crippen LogP contribution in [0.25, 0.3) is 5.78 Å². The Morgan fingerprint density at radius 3 is 3.04 bits per heavy atom. The zero-order valence-electron chi connectivity index (χ0n) is 13.5. The van der Waals surface area contributed by atoms with Crippen molar-refractivity contribution in [3.8, 4) is 5.75 Å². The van der Waals surface area contributed by atoms with E-state index < -0.39 is 0 Å². The van der Waals surface area contributed by atoms with Gasteiger partial charge in [-0.2, -0.15) is 14.6 Å². The van der Waals surface area contributed by atoms with Gasteiger partial charge in [0.15, 0.2) is 0 Å². The molecule has 0 atom stereocenters. The number of fused-ring (bicyclic) bond motifs is 1. The van der Waals surface area contributed by atoms with Crippen molar-refractivity contribution in [2.75, 3.05) is 23.8 Å². The van der Waals surface area contributed by atoms with E-state index >= 15 is 0 Å². The minimum absolute atomic E-state index is 0.112. The molecule has 0 spiro atoms. The topological polar surface area (TPSA) is 93.4 Å². The van der Waals surface area contributed by atoms with Gasteiger partial charge in [0.05, 0.1) is 6.54 Å². The molecule has 2 heterocycles. The maximum Gasteiger partial charge on any atom is 0.254 e. The van der Waals surface area contributed by atoms with Crippen molar-refractivity contribution in [3.05, 3.63) is 42.4 Å². The Balaban J connectivity index is 1.57. The summed E-state index contributed by atoms with van der Waals surface area (Å²) < 4.78 is 7.34. The average molecular weight is 326 g/mol. The van der Waals surface area contributed by atoms with E-state index in [0.29, 0.717) is 30.4 Å². The van der Waals surface area contributed by atoms with Gasteiger partial charge in [-0.15, -0.1) is 0 Å². The number of nitrogens with one attached hydrogen (secondary N) is 2. The van der Waals surface area contributed by atoms with Gasteiger partial charge in [0.2, 0.25) is 5.91 Å². The fourth-order valence-corrected chi connectivity index (χ4v) is 2.27. The number of amides is 1. The first-order valence-corrected chi connectivity index (χ1v) is 7.53. The molecule has 0 fully saturated rings. The molecule has 1 aromatic carbocycles. The van der Waals surface area contributed by atoms with Crippen LogP contribution in [0.15, 0.2) is 36.7 Å². The molecule has 0 bridgehead atoms. The van der Waals surface area contributed by atoms with Crippen molar-refractivity contribution < 1.29 is 9.53 Å². The highest BCUT2D eigenvalue weighted by Crippen LogP contribution is 2.17. The molecule has 124 valence electrons. The summed E-state index contributed by atoms with van der Waals surface area (Å²) in [4.78, 5) is 19.4. The van der Waals surface area contributed by atoms with Crippen molar-refractivity contribution in [3.63, 3.8) is 0 Å². The number of hydrogen-bond donors (Lipinski definition) is 2. The van der Waals surface area contributed by atoms with Crippen LogP contribution in [0.4, 0.5) is 11.5 Å². The Labute approximate surface area is 138 Å². The van der Waals surface area contributed by atoms with E-state index in [1.54, 1.807) is 10.6 Å². The van der Waals surface area contributed by atoms with Gasteiger partial charge in [-0.3, -0.25) is 4.79 Å². The zero-order chi connectivity index (χ0) is 16.9. The second kappa shape index (κ2) is 6.95. The smallest absolute Gasteiger partial charge is 0.254 e. The minimum atomic E-state index is -0.112. The molecule has 8 nitrogen and oxygen atoms in total. The molecule has 0 radical (unpaired) electrons. The first-order chi connectivity index (χ1) is 11.6. The predicted octanol–water partition coefficient (Wildman–Crippen LogP) is 1.88. The molecular weight excluding hydrogens is 308 g/mol. The Morgan fingerprint density at radius 2 is 2.21 bits per heavy atom. The fraction of sp³-hybridized carbons (Fsp3) is 0.250. The number of anilines is 2. The van der Waals surface area contributed by atoms with E-state index in [4.69, 9.17) is 4.74 Å². The average Bonchev–Trinajstić information content (AvgIpc) is 2.99. The number of aryl methyl sites for hydroxylation is 1. The highest BCUT2D eigenvalue weighted by atomic mass is 16.5. The van der Waals surface area contributed by atoms with E-state index in [1.807, 2.05) is 31.2 Å². The molecule has 2 N–H and O–H groups in total. The summed E-state index contributed by atoms with van der Waals surface area (Å²) in [6.07, 6.45) is 1.47. The first kappa shape index (κ1) is 15.7. The Bertz CT molecular complexity index is 861. The van der Waals surface area contributed by atoms with Crippen molar-refractivity contribution in [2.24, 2.45) is 0 Å². The van der Waals surface area contributed by atoms with Crippen LogP contribution in [-0.2, 0) is 4.79 Å². The molecule has 0 unspecified atom stereocenters. The van der Waals surface area contributed by atoms with E-state index in [0.717, 1.165) is 11.5 Å². The molecule has 3 aromatic rings. The minimum Gasteiger partial charge on any atom is -0.492 e. The van der Waals surface area contributed by atoms with Crippen LogP contribution in [0, 0.1) is 6.92 Å². The first-order valence-electron chi connectivity index (χ1n) is 7.53. The molecule has 0 aliphatic heterocycles. The van der Waals surface area contributed by atoms with Gasteiger partial charge in [-0.05, 0) is 19.1 Å². The van der Waals surface area contributed by atoms with Crippen molar-refractivity contribution >= 4 is 23.2 Å². The quantitative estimate of drug-likeness (QED) is 0.672. The number of carbonyl (C=O) groups excluding carboxylic acids is 1. The third-order valence-corrected chi connectivity index (χ3v) is 3.21. The summed E-state index contributed by atoms with van der Waals surface area (Å²) in [6, 6.07) is 9.18. The van der Waals surface area contributed by atoms with E-state index in [2.05, 4.69) is 25.7 Å². The number of rotatable bonds is 6. The Kier molecular flexibility index (Phi) is 4.55. The predicted molar refractivity (Wildman–Crippen MR) is 90.2 cm³/mol. The lowest BCUT2D eigenvalue weighted by Crippen LogP contribution is -2.14. The van der Waals surface area contributed by atoms with Crippen LogP contribution in [0.3, 0.4) is 0 Å². The zero-order valence-corrected chi connectivity index (χ0v) is 13.5. The number of benzene rings is 1. The van der Waals surface area contributed by atoms with Crippen LogP contribution in [-0.4, -0.2) is 38.6 Å². The summed E-state index contributed by atoms with van der Waals surface area (Å²) in [5.74, 6) is 1.95.